The quantitative estimate of drug-likeness (QED) is 0.257. The van der Waals surface area contributed by atoms with Gasteiger partial charge in [0.15, 0.2) is 0 Å². The van der Waals surface area contributed by atoms with E-state index in [9.17, 15) is 13.2 Å². The average molecular weight is 554 g/mol. The number of aromatic nitrogens is 8. The number of aryl methyl sites for hydroxylation is 2. The number of anilines is 2. The maximum atomic E-state index is 13.8. The van der Waals surface area contributed by atoms with Crippen molar-refractivity contribution in [3.05, 3.63) is 109 Å². The third kappa shape index (κ3) is 5.53. The molecule has 0 aliphatic carbocycles. The van der Waals surface area contributed by atoms with Crippen LogP contribution in [0.4, 0.5) is 24.8 Å². The summed E-state index contributed by atoms with van der Waals surface area (Å²) in [7, 11) is 0. The van der Waals surface area contributed by atoms with Crippen molar-refractivity contribution in [2.75, 3.05) is 5.32 Å². The monoisotopic (exact) mass is 553 g/mol. The first-order valence-electron chi connectivity index (χ1n) is 12.5. The standard InChI is InChI=1S/C29H22F3N9/c1-18-5-6-23(13-26(18)37-28-34-9-7-25(36-28)20-4-3-8-33-14-20)41-16-27(38-39-41)21-10-22(29(30,31)32)12-24(11-21)40-15-19(2)35-17-40/h3-17H,1-2H3,(H,34,36,37). The number of benzene rings is 2. The number of nitrogens with one attached hydrogen (secondary N) is 1. The summed E-state index contributed by atoms with van der Waals surface area (Å²) in [4.78, 5) is 17.2. The van der Waals surface area contributed by atoms with Gasteiger partial charge in [-0.05, 0) is 67.9 Å². The van der Waals surface area contributed by atoms with Crippen LogP contribution < -0.4 is 5.32 Å². The Morgan fingerprint density at radius 1 is 0.829 bits per heavy atom. The third-order valence-electron chi connectivity index (χ3n) is 6.39. The first-order valence-corrected chi connectivity index (χ1v) is 12.5. The van der Waals surface area contributed by atoms with Crippen LogP contribution in [-0.2, 0) is 6.18 Å². The highest BCUT2D eigenvalue weighted by molar-refractivity contribution is 5.66. The highest BCUT2D eigenvalue weighted by Gasteiger charge is 2.32. The van der Waals surface area contributed by atoms with E-state index < -0.39 is 11.7 Å². The molecule has 6 aromatic rings. The van der Waals surface area contributed by atoms with Crippen molar-refractivity contribution in [1.82, 2.24) is 39.5 Å². The zero-order valence-electron chi connectivity index (χ0n) is 21.9. The molecule has 0 saturated carbocycles. The Balaban J connectivity index is 1.31. The lowest BCUT2D eigenvalue weighted by Gasteiger charge is -2.12. The number of hydrogen-bond acceptors (Lipinski definition) is 7. The summed E-state index contributed by atoms with van der Waals surface area (Å²) in [5.74, 6) is 0.400. The molecule has 204 valence electrons. The molecule has 1 N–H and O–H groups in total. The van der Waals surface area contributed by atoms with Crippen LogP contribution in [0.5, 0.6) is 0 Å². The van der Waals surface area contributed by atoms with Crippen molar-refractivity contribution < 1.29 is 13.2 Å². The first kappa shape index (κ1) is 25.9. The minimum absolute atomic E-state index is 0.276. The Hall–Kier alpha value is -5.39. The second kappa shape index (κ2) is 10.3. The maximum absolute atomic E-state index is 13.8. The van der Waals surface area contributed by atoms with E-state index in [0.29, 0.717) is 23.0 Å². The summed E-state index contributed by atoms with van der Waals surface area (Å²) in [5.41, 5.74) is 4.68. The molecule has 0 atom stereocenters. The minimum Gasteiger partial charge on any atom is -0.324 e. The number of alkyl halides is 3. The number of hydrogen-bond donors (Lipinski definition) is 1. The molecule has 0 unspecified atom stereocenters. The highest BCUT2D eigenvalue weighted by atomic mass is 19.4. The number of halogens is 3. The highest BCUT2D eigenvalue weighted by Crippen LogP contribution is 2.34. The molecular weight excluding hydrogens is 531 g/mol. The van der Waals surface area contributed by atoms with Gasteiger partial charge in [0.2, 0.25) is 5.95 Å². The molecular formula is C29H22F3N9. The third-order valence-corrected chi connectivity index (χ3v) is 6.39. The predicted molar refractivity (Wildman–Crippen MR) is 147 cm³/mol. The number of rotatable bonds is 6. The molecule has 4 aromatic heterocycles. The van der Waals surface area contributed by atoms with Gasteiger partial charge in [-0.1, -0.05) is 11.3 Å². The fraction of sp³-hybridized carbons (Fsp3) is 0.103. The summed E-state index contributed by atoms with van der Waals surface area (Å²) in [5, 5.41) is 11.6. The van der Waals surface area contributed by atoms with Crippen LogP contribution in [0.3, 0.4) is 0 Å². The van der Waals surface area contributed by atoms with Gasteiger partial charge in [0.1, 0.15) is 5.69 Å². The van der Waals surface area contributed by atoms with Gasteiger partial charge in [0.05, 0.1) is 35.2 Å². The van der Waals surface area contributed by atoms with Crippen LogP contribution in [0, 0.1) is 13.8 Å². The van der Waals surface area contributed by atoms with E-state index in [1.54, 1.807) is 54.6 Å². The molecule has 0 spiro atoms. The zero-order valence-corrected chi connectivity index (χ0v) is 21.9. The Morgan fingerprint density at radius 2 is 1.71 bits per heavy atom. The first-order chi connectivity index (χ1) is 19.7. The van der Waals surface area contributed by atoms with Gasteiger partial charge in [-0.25, -0.2) is 19.6 Å². The van der Waals surface area contributed by atoms with E-state index >= 15 is 0 Å². The van der Waals surface area contributed by atoms with Crippen molar-refractivity contribution in [3.63, 3.8) is 0 Å². The molecule has 9 nitrogen and oxygen atoms in total. The lowest BCUT2D eigenvalue weighted by atomic mass is 10.1. The van der Waals surface area contributed by atoms with E-state index in [-0.39, 0.29) is 11.3 Å². The second-order valence-corrected chi connectivity index (χ2v) is 9.37. The lowest BCUT2D eigenvalue weighted by molar-refractivity contribution is -0.137. The van der Waals surface area contributed by atoms with E-state index in [0.717, 1.165) is 34.6 Å². The Kier molecular flexibility index (Phi) is 6.50. The number of pyridine rings is 1. The molecule has 0 fully saturated rings. The van der Waals surface area contributed by atoms with Crippen molar-refractivity contribution in [2.45, 2.75) is 20.0 Å². The Bertz CT molecular complexity index is 1840. The molecule has 0 saturated heterocycles. The summed E-state index contributed by atoms with van der Waals surface area (Å²) in [6, 6.07) is 14.9. The molecule has 0 aliphatic rings. The molecule has 0 bridgehead atoms. The average Bonchev–Trinajstić information content (AvgIpc) is 3.64. The molecule has 12 heteroatoms. The van der Waals surface area contributed by atoms with Crippen molar-refractivity contribution >= 4 is 11.6 Å². The second-order valence-electron chi connectivity index (χ2n) is 9.37. The fourth-order valence-corrected chi connectivity index (χ4v) is 4.26. The molecule has 0 aliphatic heterocycles. The molecule has 0 amide bonds. The Morgan fingerprint density at radius 3 is 2.46 bits per heavy atom. The van der Waals surface area contributed by atoms with Gasteiger partial charge in [0.25, 0.3) is 0 Å². The molecule has 2 aromatic carbocycles. The summed E-state index contributed by atoms with van der Waals surface area (Å²) in [6.07, 6.45) is 5.27. The molecule has 4 heterocycles. The lowest BCUT2D eigenvalue weighted by Crippen LogP contribution is -2.06. The van der Waals surface area contributed by atoms with Gasteiger partial charge < -0.3 is 9.88 Å². The van der Waals surface area contributed by atoms with Crippen LogP contribution in [0.25, 0.3) is 33.9 Å². The van der Waals surface area contributed by atoms with Gasteiger partial charge >= 0.3 is 6.18 Å². The van der Waals surface area contributed by atoms with Crippen LogP contribution >= 0.6 is 0 Å². The summed E-state index contributed by atoms with van der Waals surface area (Å²) in [6.45, 7) is 3.71. The van der Waals surface area contributed by atoms with Crippen molar-refractivity contribution in [2.24, 2.45) is 0 Å². The number of nitrogens with zero attached hydrogens (tertiary/aromatic N) is 8. The normalized spacial score (nSPS) is 11.5. The van der Waals surface area contributed by atoms with Crippen molar-refractivity contribution in [1.29, 1.82) is 0 Å². The van der Waals surface area contributed by atoms with Gasteiger partial charge in [-0.15, -0.1) is 5.10 Å². The van der Waals surface area contributed by atoms with Crippen LogP contribution in [0.15, 0.2) is 91.9 Å². The fourth-order valence-electron chi connectivity index (χ4n) is 4.26. The van der Waals surface area contributed by atoms with E-state index in [1.165, 1.54) is 11.0 Å². The topological polar surface area (TPSA) is 99.2 Å². The molecule has 0 radical (unpaired) electrons. The van der Waals surface area contributed by atoms with E-state index in [1.807, 2.05) is 37.3 Å². The maximum Gasteiger partial charge on any atom is 0.416 e. The van der Waals surface area contributed by atoms with Gasteiger partial charge in [-0.2, -0.15) is 13.2 Å². The van der Waals surface area contributed by atoms with E-state index in [2.05, 4.69) is 35.6 Å². The largest absolute Gasteiger partial charge is 0.416 e. The zero-order chi connectivity index (χ0) is 28.6. The SMILES string of the molecule is Cc1cn(-c2cc(-c3cn(-c4ccc(C)c(Nc5nccc(-c6cccnc6)n5)c4)nn3)cc(C(F)(F)F)c2)cn1. The summed E-state index contributed by atoms with van der Waals surface area (Å²) >= 11 is 0. The summed E-state index contributed by atoms with van der Waals surface area (Å²) < 4.78 is 44.3. The van der Waals surface area contributed by atoms with Crippen LogP contribution in [0.1, 0.15) is 16.8 Å². The Labute approximate surface area is 232 Å². The minimum atomic E-state index is -4.54. The number of imidazole rings is 1. The molecule has 41 heavy (non-hydrogen) atoms. The molecule has 6 rings (SSSR count). The van der Waals surface area contributed by atoms with Gasteiger partial charge in [0, 0.05) is 47.3 Å². The predicted octanol–water partition coefficient (Wildman–Crippen LogP) is 6.35. The van der Waals surface area contributed by atoms with E-state index in [4.69, 9.17) is 0 Å². The van der Waals surface area contributed by atoms with Crippen LogP contribution in [0.2, 0.25) is 0 Å². The van der Waals surface area contributed by atoms with Crippen molar-refractivity contribution in [3.8, 4) is 33.9 Å². The van der Waals surface area contributed by atoms with Crippen LogP contribution in [-0.4, -0.2) is 39.5 Å². The smallest absolute Gasteiger partial charge is 0.324 e. The van der Waals surface area contributed by atoms with Gasteiger partial charge in [-0.3, -0.25) is 4.98 Å².